The van der Waals surface area contributed by atoms with Gasteiger partial charge in [-0.2, -0.15) is 0 Å². The Morgan fingerprint density at radius 2 is 1.43 bits per heavy atom. The lowest BCUT2D eigenvalue weighted by Crippen LogP contribution is -1.96. The Kier molecular flexibility index (Phi) is 3.49. The van der Waals surface area contributed by atoms with Crippen molar-refractivity contribution in [2.24, 2.45) is 0 Å². The van der Waals surface area contributed by atoms with Gasteiger partial charge in [0, 0.05) is 5.56 Å². The minimum Gasteiger partial charge on any atom is -0.489 e. The fourth-order valence-corrected chi connectivity index (χ4v) is 2.55. The van der Waals surface area contributed by atoms with Crippen molar-refractivity contribution in [1.82, 2.24) is 0 Å². The zero-order valence-corrected chi connectivity index (χ0v) is 12.2. The topological polar surface area (TPSA) is 9.23 Å². The Bertz CT molecular complexity index is 789. The third kappa shape index (κ3) is 2.55. The Labute approximate surface area is 125 Å². The number of hydrogen-bond acceptors (Lipinski definition) is 1. The number of ether oxygens (including phenoxy) is 1. The zero-order chi connectivity index (χ0) is 14.8. The van der Waals surface area contributed by atoms with Crippen LogP contribution in [0.4, 0.5) is 0 Å². The minimum absolute atomic E-state index is 0.508. The molecule has 0 spiro atoms. The van der Waals surface area contributed by atoms with Crippen LogP contribution >= 0.6 is 0 Å². The summed E-state index contributed by atoms with van der Waals surface area (Å²) in [5.41, 5.74) is 2.06. The van der Waals surface area contributed by atoms with Gasteiger partial charge in [0.05, 0.1) is 0 Å². The van der Waals surface area contributed by atoms with E-state index in [-0.39, 0.29) is 0 Å². The lowest BCUT2D eigenvalue weighted by Gasteiger charge is -2.14. The maximum absolute atomic E-state index is 5.81. The second kappa shape index (κ2) is 5.45. The lowest BCUT2D eigenvalue weighted by molar-refractivity contribution is 0.210. The van der Waals surface area contributed by atoms with Crippen molar-refractivity contribution in [2.45, 2.75) is 13.5 Å². The molecule has 0 N–H and O–H groups in total. The highest BCUT2D eigenvalue weighted by Crippen LogP contribution is 2.29. The number of fused-ring (bicyclic) bond motifs is 2. The zero-order valence-electron chi connectivity index (χ0n) is 12.2. The molecule has 3 aromatic carbocycles. The molecule has 0 amide bonds. The van der Waals surface area contributed by atoms with Crippen LogP contribution in [0.15, 0.2) is 79.1 Å². The average Bonchev–Trinajstić information content (AvgIpc) is 2.51. The summed E-state index contributed by atoms with van der Waals surface area (Å²) in [6, 6.07) is 19.0. The van der Waals surface area contributed by atoms with E-state index in [0.717, 1.165) is 5.57 Å². The first-order valence-electron chi connectivity index (χ1n) is 7.04. The Hall–Kier alpha value is -2.54. The number of benzene rings is 3. The maximum atomic E-state index is 5.81. The summed E-state index contributed by atoms with van der Waals surface area (Å²) in [6.07, 6.45) is 0. The van der Waals surface area contributed by atoms with E-state index in [1.807, 2.05) is 6.92 Å². The molecule has 1 nitrogen and oxygen atoms in total. The van der Waals surface area contributed by atoms with Crippen LogP contribution in [0.1, 0.15) is 12.5 Å². The molecule has 0 aliphatic heterocycles. The van der Waals surface area contributed by atoms with Gasteiger partial charge in [-0.1, -0.05) is 61.7 Å². The molecular formula is C20H18O. The van der Waals surface area contributed by atoms with Crippen LogP contribution < -0.4 is 0 Å². The van der Waals surface area contributed by atoms with Gasteiger partial charge < -0.3 is 4.74 Å². The van der Waals surface area contributed by atoms with Crippen LogP contribution in [0.25, 0.3) is 21.5 Å². The molecule has 0 saturated heterocycles. The molecule has 0 radical (unpaired) electrons. The first-order chi connectivity index (χ1) is 10.2. The fourth-order valence-electron chi connectivity index (χ4n) is 2.55. The van der Waals surface area contributed by atoms with Gasteiger partial charge in [-0.3, -0.25) is 0 Å². The Morgan fingerprint density at radius 3 is 1.95 bits per heavy atom. The van der Waals surface area contributed by atoms with E-state index in [0.29, 0.717) is 12.4 Å². The molecule has 3 aromatic rings. The van der Waals surface area contributed by atoms with Crippen molar-refractivity contribution in [1.29, 1.82) is 0 Å². The molecule has 3 rings (SSSR count). The number of allylic oxidation sites excluding steroid dienone is 1. The van der Waals surface area contributed by atoms with E-state index in [1.165, 1.54) is 27.1 Å². The van der Waals surface area contributed by atoms with E-state index in [1.54, 1.807) is 0 Å². The second-order valence-corrected chi connectivity index (χ2v) is 5.29. The third-order valence-corrected chi connectivity index (χ3v) is 3.75. The van der Waals surface area contributed by atoms with Crippen molar-refractivity contribution in [3.63, 3.8) is 0 Å². The van der Waals surface area contributed by atoms with E-state index in [2.05, 4.69) is 67.8 Å². The van der Waals surface area contributed by atoms with Crippen molar-refractivity contribution >= 4 is 21.5 Å². The second-order valence-electron chi connectivity index (χ2n) is 5.29. The summed E-state index contributed by atoms with van der Waals surface area (Å²) >= 11 is 0. The molecule has 1 heteroatoms. The van der Waals surface area contributed by atoms with Gasteiger partial charge in [-0.05, 0) is 40.1 Å². The quantitative estimate of drug-likeness (QED) is 0.342. The molecular weight excluding hydrogens is 256 g/mol. The number of rotatable bonds is 4. The molecule has 0 unspecified atom stereocenters. The van der Waals surface area contributed by atoms with Gasteiger partial charge in [0.1, 0.15) is 12.4 Å². The molecule has 0 atom stereocenters. The largest absolute Gasteiger partial charge is 0.489 e. The predicted octanol–water partition coefficient (Wildman–Crippen LogP) is 5.60. The summed E-state index contributed by atoms with van der Waals surface area (Å²) < 4.78 is 5.81. The van der Waals surface area contributed by atoms with Crippen LogP contribution in [0.2, 0.25) is 0 Å². The van der Waals surface area contributed by atoms with E-state index in [9.17, 15) is 0 Å². The van der Waals surface area contributed by atoms with Gasteiger partial charge in [0.2, 0.25) is 0 Å². The van der Waals surface area contributed by atoms with Crippen LogP contribution in [0.5, 0.6) is 0 Å². The van der Waals surface area contributed by atoms with E-state index in [4.69, 9.17) is 4.74 Å². The van der Waals surface area contributed by atoms with Crippen LogP contribution in [-0.2, 0) is 11.3 Å². The van der Waals surface area contributed by atoms with Gasteiger partial charge >= 0.3 is 0 Å². The van der Waals surface area contributed by atoms with Crippen LogP contribution in [0, 0.1) is 0 Å². The highest BCUT2D eigenvalue weighted by Gasteiger charge is 2.08. The third-order valence-electron chi connectivity index (χ3n) is 3.75. The lowest BCUT2D eigenvalue weighted by atomic mass is 9.97. The molecule has 0 fully saturated rings. The van der Waals surface area contributed by atoms with Crippen molar-refractivity contribution in [3.05, 3.63) is 84.7 Å². The van der Waals surface area contributed by atoms with Crippen molar-refractivity contribution in [2.75, 3.05) is 0 Å². The monoisotopic (exact) mass is 274 g/mol. The molecule has 0 aliphatic rings. The SMILES string of the molecule is C=C(C)C(=C)OCc1c2ccccc2cc2ccccc12. The molecule has 0 bridgehead atoms. The van der Waals surface area contributed by atoms with E-state index < -0.39 is 0 Å². The normalized spacial score (nSPS) is 10.7. The van der Waals surface area contributed by atoms with Crippen LogP contribution in [-0.4, -0.2) is 0 Å². The van der Waals surface area contributed by atoms with Gasteiger partial charge in [0.25, 0.3) is 0 Å². The summed E-state index contributed by atoms with van der Waals surface area (Å²) in [4.78, 5) is 0. The standard InChI is InChI=1S/C20H18O/c1-14(2)15(3)21-13-20-18-10-6-4-8-16(18)12-17-9-5-7-11-19(17)20/h4-12H,1,3,13H2,2H3. The highest BCUT2D eigenvalue weighted by atomic mass is 16.5. The van der Waals surface area contributed by atoms with Crippen molar-refractivity contribution in [3.8, 4) is 0 Å². The smallest absolute Gasteiger partial charge is 0.114 e. The Morgan fingerprint density at radius 1 is 0.905 bits per heavy atom. The van der Waals surface area contributed by atoms with Crippen LogP contribution in [0.3, 0.4) is 0 Å². The molecule has 0 aromatic heterocycles. The molecule has 0 heterocycles. The first-order valence-corrected chi connectivity index (χ1v) is 7.04. The fraction of sp³-hybridized carbons (Fsp3) is 0.100. The molecule has 0 saturated carbocycles. The molecule has 21 heavy (non-hydrogen) atoms. The van der Waals surface area contributed by atoms with E-state index >= 15 is 0 Å². The Balaban J connectivity index is 2.16. The maximum Gasteiger partial charge on any atom is 0.114 e. The first kappa shape index (κ1) is 13.4. The molecule has 104 valence electrons. The average molecular weight is 274 g/mol. The van der Waals surface area contributed by atoms with Crippen molar-refractivity contribution < 1.29 is 4.74 Å². The minimum atomic E-state index is 0.508. The van der Waals surface area contributed by atoms with Gasteiger partial charge in [-0.25, -0.2) is 0 Å². The molecule has 0 aliphatic carbocycles. The summed E-state index contributed by atoms with van der Waals surface area (Å²) in [5.74, 6) is 0.645. The highest BCUT2D eigenvalue weighted by molar-refractivity contribution is 6.02. The predicted molar refractivity (Wildman–Crippen MR) is 90.2 cm³/mol. The van der Waals surface area contributed by atoms with Gasteiger partial charge in [0.15, 0.2) is 0 Å². The number of hydrogen-bond donors (Lipinski definition) is 0. The van der Waals surface area contributed by atoms with Gasteiger partial charge in [-0.15, -0.1) is 0 Å². The summed E-state index contributed by atoms with van der Waals surface area (Å²) in [5, 5.41) is 4.92. The summed E-state index contributed by atoms with van der Waals surface area (Å²) in [7, 11) is 0. The summed E-state index contributed by atoms with van der Waals surface area (Å²) in [6.45, 7) is 10.2.